The van der Waals surface area contributed by atoms with E-state index in [1.165, 1.54) is 19.3 Å². The summed E-state index contributed by atoms with van der Waals surface area (Å²) in [5, 5.41) is 1.02. The summed E-state index contributed by atoms with van der Waals surface area (Å²) < 4.78 is 0. The van der Waals surface area contributed by atoms with Crippen molar-refractivity contribution in [3.63, 3.8) is 0 Å². The van der Waals surface area contributed by atoms with Crippen molar-refractivity contribution in [1.29, 1.82) is 0 Å². The number of rotatable bonds is 3. The molecule has 0 aromatic heterocycles. The fourth-order valence-corrected chi connectivity index (χ4v) is 2.81. The quantitative estimate of drug-likeness (QED) is 0.714. The number of carbonyl (C=O) groups excluding carboxylic acids is 1. The topological polar surface area (TPSA) is 20.3 Å². The zero-order valence-electron chi connectivity index (χ0n) is 8.54. The van der Waals surface area contributed by atoms with E-state index in [4.69, 9.17) is 0 Å². The molecule has 2 aliphatic rings. The van der Waals surface area contributed by atoms with Gasteiger partial charge in [-0.05, 0) is 38.5 Å². The van der Waals surface area contributed by atoms with E-state index in [1.807, 2.05) is 0 Å². The highest BCUT2D eigenvalue weighted by Crippen LogP contribution is 2.33. The first-order valence-corrected chi connectivity index (χ1v) is 6.81. The Morgan fingerprint density at radius 1 is 1.29 bits per heavy atom. The first kappa shape index (κ1) is 10.5. The summed E-state index contributed by atoms with van der Waals surface area (Å²) in [5.41, 5.74) is 0. The number of hydrogen-bond acceptors (Lipinski definition) is 1. The smallest absolute Gasteiger partial charge is 0.225 e. The molecular formula is C11H18BrNO. The summed E-state index contributed by atoms with van der Waals surface area (Å²) >= 11 is 3.48. The molecule has 0 bridgehead atoms. The van der Waals surface area contributed by atoms with Gasteiger partial charge in [-0.15, -0.1) is 0 Å². The maximum absolute atomic E-state index is 12.0. The third kappa shape index (κ3) is 2.30. The maximum Gasteiger partial charge on any atom is 0.225 e. The molecule has 80 valence electrons. The van der Waals surface area contributed by atoms with Crippen LogP contribution in [0, 0.1) is 5.92 Å². The SMILES string of the molecule is O=C(C1CC1)N1CCCCC1CCBr. The molecule has 1 aliphatic heterocycles. The van der Waals surface area contributed by atoms with Crippen LogP contribution in [0.3, 0.4) is 0 Å². The van der Waals surface area contributed by atoms with E-state index < -0.39 is 0 Å². The molecule has 1 amide bonds. The van der Waals surface area contributed by atoms with Gasteiger partial charge >= 0.3 is 0 Å². The van der Waals surface area contributed by atoms with Crippen LogP contribution in [-0.4, -0.2) is 28.7 Å². The van der Waals surface area contributed by atoms with E-state index in [1.54, 1.807) is 0 Å². The molecule has 0 aromatic rings. The van der Waals surface area contributed by atoms with Crippen molar-refractivity contribution in [3.05, 3.63) is 0 Å². The maximum atomic E-state index is 12.0. The van der Waals surface area contributed by atoms with Gasteiger partial charge in [-0.1, -0.05) is 15.9 Å². The highest BCUT2D eigenvalue weighted by molar-refractivity contribution is 9.09. The molecule has 0 N–H and O–H groups in total. The molecule has 0 radical (unpaired) electrons. The molecule has 0 aromatic carbocycles. The minimum Gasteiger partial charge on any atom is -0.339 e. The molecule has 14 heavy (non-hydrogen) atoms. The number of carbonyl (C=O) groups is 1. The van der Waals surface area contributed by atoms with Crippen LogP contribution < -0.4 is 0 Å². The molecule has 2 rings (SSSR count). The lowest BCUT2D eigenvalue weighted by Gasteiger charge is -2.35. The normalized spacial score (nSPS) is 27.8. The van der Waals surface area contributed by atoms with Gasteiger partial charge in [0.1, 0.15) is 0 Å². The Kier molecular flexibility index (Phi) is 3.47. The highest BCUT2D eigenvalue weighted by Gasteiger charge is 2.36. The molecule has 1 heterocycles. The Morgan fingerprint density at radius 2 is 2.07 bits per heavy atom. The largest absolute Gasteiger partial charge is 0.339 e. The zero-order valence-corrected chi connectivity index (χ0v) is 10.1. The molecule has 1 saturated carbocycles. The van der Waals surface area contributed by atoms with E-state index in [0.29, 0.717) is 17.9 Å². The first-order valence-electron chi connectivity index (χ1n) is 5.69. The Labute approximate surface area is 94.2 Å². The lowest BCUT2D eigenvalue weighted by atomic mass is 9.99. The number of amides is 1. The summed E-state index contributed by atoms with van der Waals surface area (Å²) in [4.78, 5) is 14.1. The van der Waals surface area contributed by atoms with Gasteiger partial charge in [-0.3, -0.25) is 4.79 Å². The molecule has 3 heteroatoms. The second kappa shape index (κ2) is 4.65. The van der Waals surface area contributed by atoms with Crippen LogP contribution in [0.15, 0.2) is 0 Å². The fourth-order valence-electron chi connectivity index (χ4n) is 2.28. The van der Waals surface area contributed by atoms with Gasteiger partial charge in [-0.2, -0.15) is 0 Å². The van der Waals surface area contributed by atoms with E-state index >= 15 is 0 Å². The number of nitrogens with zero attached hydrogens (tertiary/aromatic N) is 1. The molecule has 2 nitrogen and oxygen atoms in total. The third-order valence-corrected chi connectivity index (χ3v) is 3.74. The van der Waals surface area contributed by atoms with Gasteiger partial charge in [0.15, 0.2) is 0 Å². The van der Waals surface area contributed by atoms with Gasteiger partial charge in [0, 0.05) is 23.8 Å². The summed E-state index contributed by atoms with van der Waals surface area (Å²) in [5.74, 6) is 0.835. The lowest BCUT2D eigenvalue weighted by Crippen LogP contribution is -2.44. The van der Waals surface area contributed by atoms with Gasteiger partial charge in [-0.25, -0.2) is 0 Å². The summed E-state index contributed by atoms with van der Waals surface area (Å²) in [6, 6.07) is 0.524. The number of likely N-dealkylation sites (tertiary alicyclic amines) is 1. The standard InChI is InChI=1S/C11H18BrNO/c12-7-6-10-3-1-2-8-13(10)11(14)9-4-5-9/h9-10H,1-8H2. The zero-order chi connectivity index (χ0) is 9.97. The van der Waals surface area contributed by atoms with Gasteiger partial charge in [0.25, 0.3) is 0 Å². The van der Waals surface area contributed by atoms with Gasteiger partial charge in [0.2, 0.25) is 5.91 Å². The molecule has 1 atom stereocenters. The second-order valence-electron chi connectivity index (χ2n) is 4.43. The van der Waals surface area contributed by atoms with E-state index in [-0.39, 0.29) is 0 Å². The van der Waals surface area contributed by atoms with E-state index in [2.05, 4.69) is 20.8 Å². The minimum absolute atomic E-state index is 0.394. The van der Waals surface area contributed by atoms with Crippen molar-refractivity contribution in [2.45, 2.75) is 44.6 Å². The summed E-state index contributed by atoms with van der Waals surface area (Å²) in [6.07, 6.45) is 7.11. The molecule has 1 saturated heterocycles. The fraction of sp³-hybridized carbons (Fsp3) is 0.909. The molecule has 0 spiro atoms. The van der Waals surface area contributed by atoms with Crippen molar-refractivity contribution in [1.82, 2.24) is 4.90 Å². The Bertz CT molecular complexity index is 213. The van der Waals surface area contributed by atoms with Crippen LogP contribution >= 0.6 is 15.9 Å². The van der Waals surface area contributed by atoms with Crippen LogP contribution in [0.25, 0.3) is 0 Å². The number of piperidine rings is 1. The Morgan fingerprint density at radius 3 is 2.71 bits per heavy atom. The average molecular weight is 260 g/mol. The van der Waals surface area contributed by atoms with E-state index in [0.717, 1.165) is 31.1 Å². The van der Waals surface area contributed by atoms with Crippen LogP contribution in [-0.2, 0) is 4.79 Å². The van der Waals surface area contributed by atoms with Gasteiger partial charge in [0.05, 0.1) is 0 Å². The number of halogens is 1. The van der Waals surface area contributed by atoms with Crippen LogP contribution in [0.2, 0.25) is 0 Å². The third-order valence-electron chi connectivity index (χ3n) is 3.28. The summed E-state index contributed by atoms with van der Waals surface area (Å²) in [6.45, 7) is 1.01. The van der Waals surface area contributed by atoms with Crippen molar-refractivity contribution in [2.75, 3.05) is 11.9 Å². The van der Waals surface area contributed by atoms with Crippen molar-refractivity contribution < 1.29 is 4.79 Å². The van der Waals surface area contributed by atoms with Crippen LogP contribution in [0.5, 0.6) is 0 Å². The van der Waals surface area contributed by atoms with Crippen molar-refractivity contribution in [3.8, 4) is 0 Å². The van der Waals surface area contributed by atoms with E-state index in [9.17, 15) is 4.79 Å². The number of alkyl halides is 1. The van der Waals surface area contributed by atoms with Gasteiger partial charge < -0.3 is 4.90 Å². The van der Waals surface area contributed by atoms with Crippen molar-refractivity contribution >= 4 is 21.8 Å². The lowest BCUT2D eigenvalue weighted by molar-refractivity contribution is -0.136. The highest BCUT2D eigenvalue weighted by atomic mass is 79.9. The first-order chi connectivity index (χ1) is 6.83. The Balaban J connectivity index is 1.94. The second-order valence-corrected chi connectivity index (χ2v) is 5.23. The Hall–Kier alpha value is -0.0500. The predicted molar refractivity (Wildman–Crippen MR) is 60.5 cm³/mol. The average Bonchev–Trinajstić information content (AvgIpc) is 3.01. The molecule has 2 fully saturated rings. The minimum atomic E-state index is 0.394. The molecule has 1 unspecified atom stereocenters. The predicted octanol–water partition coefficient (Wildman–Crippen LogP) is 2.56. The van der Waals surface area contributed by atoms with Crippen LogP contribution in [0.1, 0.15) is 38.5 Å². The molecule has 1 aliphatic carbocycles. The summed E-state index contributed by atoms with van der Waals surface area (Å²) in [7, 11) is 0. The van der Waals surface area contributed by atoms with Crippen LogP contribution in [0.4, 0.5) is 0 Å². The molecular weight excluding hydrogens is 242 g/mol. The monoisotopic (exact) mass is 259 g/mol. The van der Waals surface area contributed by atoms with Crippen molar-refractivity contribution in [2.24, 2.45) is 5.92 Å². The number of hydrogen-bond donors (Lipinski definition) is 0.